The van der Waals surface area contributed by atoms with E-state index in [4.69, 9.17) is 5.11 Å². The van der Waals surface area contributed by atoms with E-state index in [9.17, 15) is 4.79 Å². The van der Waals surface area contributed by atoms with Gasteiger partial charge in [0.2, 0.25) is 5.91 Å². The Hall–Kier alpha value is -1.79. The molecule has 0 aromatic heterocycles. The number of carbonyl (C=O) groups is 1. The summed E-state index contributed by atoms with van der Waals surface area (Å²) in [5.74, 6) is 6.41. The van der Waals surface area contributed by atoms with E-state index in [0.717, 1.165) is 24.0 Å². The minimum atomic E-state index is 0.0964. The Labute approximate surface area is 120 Å². The zero-order valence-corrected chi connectivity index (χ0v) is 11.9. The number of hydrogen-bond acceptors (Lipinski definition) is 2. The molecular formula is C17H21NO2. The van der Waals surface area contributed by atoms with Gasteiger partial charge in [-0.15, -0.1) is 0 Å². The molecule has 106 valence electrons. The van der Waals surface area contributed by atoms with Gasteiger partial charge in [-0.05, 0) is 30.5 Å². The van der Waals surface area contributed by atoms with Gasteiger partial charge in [-0.25, -0.2) is 0 Å². The summed E-state index contributed by atoms with van der Waals surface area (Å²) in [5.41, 5.74) is 2.06. The molecule has 1 aliphatic rings. The van der Waals surface area contributed by atoms with Crippen LogP contribution in [-0.4, -0.2) is 29.6 Å². The van der Waals surface area contributed by atoms with Crippen molar-refractivity contribution in [3.8, 4) is 11.8 Å². The molecule has 1 fully saturated rings. The standard InChI is InChI=1S/C17H21NO2/c1-18(17(20)16-6-4-7-16)13-15-10-8-14(9-11-15)5-2-3-12-19/h8-11,16,19H,3-4,6-7,12-13H2,1H3. The average molecular weight is 271 g/mol. The Balaban J connectivity index is 1.90. The third-order valence-electron chi connectivity index (χ3n) is 3.67. The summed E-state index contributed by atoms with van der Waals surface area (Å²) in [6, 6.07) is 7.93. The number of benzene rings is 1. The molecule has 1 N–H and O–H groups in total. The zero-order valence-electron chi connectivity index (χ0n) is 11.9. The number of rotatable bonds is 4. The molecule has 1 aromatic carbocycles. The van der Waals surface area contributed by atoms with Crippen LogP contribution in [0.2, 0.25) is 0 Å². The first-order valence-electron chi connectivity index (χ1n) is 7.14. The second-order valence-corrected chi connectivity index (χ2v) is 5.29. The number of carbonyl (C=O) groups excluding carboxylic acids is 1. The van der Waals surface area contributed by atoms with Crippen molar-refractivity contribution < 1.29 is 9.90 Å². The highest BCUT2D eigenvalue weighted by molar-refractivity contribution is 5.79. The lowest BCUT2D eigenvalue weighted by atomic mass is 9.84. The van der Waals surface area contributed by atoms with Crippen LogP contribution in [0.5, 0.6) is 0 Å². The maximum atomic E-state index is 12.1. The molecule has 0 spiro atoms. The molecule has 0 atom stereocenters. The smallest absolute Gasteiger partial charge is 0.225 e. The van der Waals surface area contributed by atoms with Gasteiger partial charge in [-0.2, -0.15) is 0 Å². The average Bonchev–Trinajstić information content (AvgIpc) is 2.39. The first kappa shape index (κ1) is 14.6. The summed E-state index contributed by atoms with van der Waals surface area (Å²) in [5, 5.41) is 8.67. The van der Waals surface area contributed by atoms with Crippen molar-refractivity contribution in [1.82, 2.24) is 4.90 Å². The second-order valence-electron chi connectivity index (χ2n) is 5.29. The quantitative estimate of drug-likeness (QED) is 0.853. The highest BCUT2D eigenvalue weighted by Crippen LogP contribution is 2.28. The third-order valence-corrected chi connectivity index (χ3v) is 3.67. The van der Waals surface area contributed by atoms with Crippen LogP contribution in [-0.2, 0) is 11.3 Å². The van der Waals surface area contributed by atoms with Crippen molar-refractivity contribution in [2.75, 3.05) is 13.7 Å². The Morgan fingerprint density at radius 3 is 2.60 bits per heavy atom. The van der Waals surface area contributed by atoms with Crippen molar-refractivity contribution in [2.45, 2.75) is 32.2 Å². The predicted octanol–water partition coefficient (Wildman–Crippen LogP) is 2.18. The number of hydrogen-bond donors (Lipinski definition) is 1. The summed E-state index contributed by atoms with van der Waals surface area (Å²) >= 11 is 0. The van der Waals surface area contributed by atoms with Crippen molar-refractivity contribution in [1.29, 1.82) is 0 Å². The van der Waals surface area contributed by atoms with E-state index in [1.165, 1.54) is 6.42 Å². The molecule has 0 bridgehead atoms. The van der Waals surface area contributed by atoms with Gasteiger partial charge < -0.3 is 10.0 Å². The molecular weight excluding hydrogens is 250 g/mol. The van der Waals surface area contributed by atoms with Crippen LogP contribution >= 0.6 is 0 Å². The molecule has 3 nitrogen and oxygen atoms in total. The summed E-state index contributed by atoms with van der Waals surface area (Å²) in [6.45, 7) is 0.749. The fourth-order valence-electron chi connectivity index (χ4n) is 2.23. The Morgan fingerprint density at radius 1 is 1.35 bits per heavy atom. The molecule has 1 aliphatic carbocycles. The predicted molar refractivity (Wildman–Crippen MR) is 78.8 cm³/mol. The largest absolute Gasteiger partial charge is 0.395 e. The maximum absolute atomic E-state index is 12.1. The van der Waals surface area contributed by atoms with Crippen LogP contribution in [0, 0.1) is 17.8 Å². The summed E-state index contributed by atoms with van der Waals surface area (Å²) in [6.07, 6.45) is 3.77. The van der Waals surface area contributed by atoms with Crippen LogP contribution in [0.15, 0.2) is 24.3 Å². The van der Waals surface area contributed by atoms with Gasteiger partial charge in [0.1, 0.15) is 0 Å². The number of amides is 1. The fraction of sp³-hybridized carbons (Fsp3) is 0.471. The van der Waals surface area contributed by atoms with Gasteiger partial charge in [-0.1, -0.05) is 30.4 Å². The van der Waals surface area contributed by atoms with E-state index in [2.05, 4.69) is 11.8 Å². The normalized spacial score (nSPS) is 14.1. The van der Waals surface area contributed by atoms with Crippen molar-refractivity contribution in [3.63, 3.8) is 0 Å². The van der Waals surface area contributed by atoms with E-state index >= 15 is 0 Å². The first-order valence-corrected chi connectivity index (χ1v) is 7.14. The lowest BCUT2D eigenvalue weighted by Gasteiger charge is -2.29. The Kier molecular flexibility index (Phi) is 5.20. The highest BCUT2D eigenvalue weighted by atomic mass is 16.2. The van der Waals surface area contributed by atoms with Crippen molar-refractivity contribution >= 4 is 5.91 Å². The molecule has 0 unspecified atom stereocenters. The van der Waals surface area contributed by atoms with Crippen molar-refractivity contribution in [2.24, 2.45) is 5.92 Å². The fourth-order valence-corrected chi connectivity index (χ4v) is 2.23. The molecule has 20 heavy (non-hydrogen) atoms. The van der Waals surface area contributed by atoms with Gasteiger partial charge in [0.25, 0.3) is 0 Å². The molecule has 0 aliphatic heterocycles. The molecule has 1 aromatic rings. The molecule has 1 saturated carbocycles. The van der Waals surface area contributed by atoms with Crippen LogP contribution in [0.1, 0.15) is 36.8 Å². The zero-order chi connectivity index (χ0) is 14.4. The summed E-state index contributed by atoms with van der Waals surface area (Å²) in [7, 11) is 1.87. The lowest BCUT2D eigenvalue weighted by Crippen LogP contribution is -2.35. The highest BCUT2D eigenvalue weighted by Gasteiger charge is 2.27. The molecule has 3 heteroatoms. The van der Waals surface area contributed by atoms with Gasteiger partial charge in [-0.3, -0.25) is 4.79 Å². The minimum Gasteiger partial charge on any atom is -0.395 e. The Bertz CT molecular complexity index is 506. The van der Waals surface area contributed by atoms with E-state index in [-0.39, 0.29) is 18.4 Å². The third kappa shape index (κ3) is 3.85. The van der Waals surface area contributed by atoms with Crippen molar-refractivity contribution in [3.05, 3.63) is 35.4 Å². The lowest BCUT2D eigenvalue weighted by molar-refractivity contribution is -0.137. The van der Waals surface area contributed by atoms with E-state index in [1.54, 1.807) is 0 Å². The first-order chi connectivity index (χ1) is 9.70. The van der Waals surface area contributed by atoms with Gasteiger partial charge in [0, 0.05) is 31.5 Å². The topological polar surface area (TPSA) is 40.5 Å². The maximum Gasteiger partial charge on any atom is 0.225 e. The molecule has 1 amide bonds. The van der Waals surface area contributed by atoms with Gasteiger partial charge in [0.15, 0.2) is 0 Å². The van der Waals surface area contributed by atoms with Crippen LogP contribution in [0.3, 0.4) is 0 Å². The summed E-state index contributed by atoms with van der Waals surface area (Å²) < 4.78 is 0. The Morgan fingerprint density at radius 2 is 2.05 bits per heavy atom. The molecule has 2 rings (SSSR count). The monoisotopic (exact) mass is 271 g/mol. The molecule has 0 radical (unpaired) electrons. The van der Waals surface area contributed by atoms with E-state index in [1.807, 2.05) is 36.2 Å². The second kappa shape index (κ2) is 7.12. The molecule has 0 saturated heterocycles. The van der Waals surface area contributed by atoms with Crippen LogP contribution < -0.4 is 0 Å². The summed E-state index contributed by atoms with van der Waals surface area (Å²) in [4.78, 5) is 13.9. The van der Waals surface area contributed by atoms with Crippen LogP contribution in [0.25, 0.3) is 0 Å². The van der Waals surface area contributed by atoms with Gasteiger partial charge >= 0.3 is 0 Å². The SMILES string of the molecule is CN(Cc1ccc(C#CCCO)cc1)C(=O)C1CCC1. The number of aliphatic hydroxyl groups excluding tert-OH is 1. The molecule has 0 heterocycles. The van der Waals surface area contributed by atoms with E-state index in [0.29, 0.717) is 13.0 Å². The van der Waals surface area contributed by atoms with Crippen LogP contribution in [0.4, 0.5) is 0 Å². The van der Waals surface area contributed by atoms with Gasteiger partial charge in [0.05, 0.1) is 6.61 Å². The number of aliphatic hydroxyl groups is 1. The van der Waals surface area contributed by atoms with E-state index < -0.39 is 0 Å². The minimum absolute atomic E-state index is 0.0964. The number of nitrogens with zero attached hydrogens (tertiary/aromatic N) is 1.